The molecule has 0 amide bonds. The molecule has 4 heteroatoms. The van der Waals surface area contributed by atoms with Crippen LogP contribution in [0.5, 0.6) is 0 Å². The second kappa shape index (κ2) is 4.09. The van der Waals surface area contributed by atoms with Crippen LogP contribution < -0.4 is 4.90 Å². The van der Waals surface area contributed by atoms with Crippen LogP contribution in [-0.4, -0.2) is 15.5 Å². The molecule has 1 heterocycles. The van der Waals surface area contributed by atoms with Crippen molar-refractivity contribution in [2.45, 2.75) is 30.6 Å². The average molecular weight is 287 g/mol. The molecule has 104 valence electrons. The summed E-state index contributed by atoms with van der Waals surface area (Å²) in [7, 11) is -1.54. The van der Waals surface area contributed by atoms with E-state index < -0.39 is 9.84 Å². The monoisotopic (exact) mass is 287 g/mol. The first kappa shape index (κ1) is 13.2. The molecule has 1 aliphatic rings. The first-order chi connectivity index (χ1) is 9.34. The highest BCUT2D eigenvalue weighted by molar-refractivity contribution is 7.92. The molecule has 0 fully saturated rings. The van der Waals surface area contributed by atoms with E-state index in [-0.39, 0.29) is 0 Å². The minimum absolute atomic E-state index is 0.404. The summed E-state index contributed by atoms with van der Waals surface area (Å²) in [4.78, 5) is 2.80. The molecule has 3 nitrogen and oxygen atoms in total. The van der Waals surface area contributed by atoms with Crippen LogP contribution in [0.4, 0.5) is 11.4 Å². The van der Waals surface area contributed by atoms with E-state index in [1.165, 1.54) is 0 Å². The van der Waals surface area contributed by atoms with E-state index in [0.717, 1.165) is 28.1 Å². The lowest BCUT2D eigenvalue weighted by Gasteiger charge is -2.31. The van der Waals surface area contributed by atoms with Crippen molar-refractivity contribution in [3.8, 4) is 0 Å². The fourth-order valence-electron chi connectivity index (χ4n) is 2.73. The number of fused-ring (bicyclic) bond motifs is 2. The molecular formula is C16H17NO2S. The van der Waals surface area contributed by atoms with Gasteiger partial charge in [-0.25, -0.2) is 8.42 Å². The maximum absolute atomic E-state index is 12.9. The van der Waals surface area contributed by atoms with Gasteiger partial charge < -0.3 is 4.90 Å². The topological polar surface area (TPSA) is 37.4 Å². The molecule has 0 aromatic heterocycles. The van der Waals surface area contributed by atoms with Crippen molar-refractivity contribution in [3.63, 3.8) is 0 Å². The molecule has 0 saturated carbocycles. The van der Waals surface area contributed by atoms with Gasteiger partial charge in [0, 0.05) is 7.05 Å². The van der Waals surface area contributed by atoms with Crippen LogP contribution in [0, 0.1) is 20.8 Å². The number of hydrogen-bond acceptors (Lipinski definition) is 3. The van der Waals surface area contributed by atoms with Crippen molar-refractivity contribution in [1.29, 1.82) is 0 Å². The van der Waals surface area contributed by atoms with Gasteiger partial charge in [0.05, 0.1) is 21.2 Å². The second-order valence-corrected chi connectivity index (χ2v) is 7.24. The van der Waals surface area contributed by atoms with E-state index in [1.807, 2.05) is 57.0 Å². The number of nitrogens with zero attached hydrogens (tertiary/aromatic N) is 1. The Hall–Kier alpha value is -1.81. The summed E-state index contributed by atoms with van der Waals surface area (Å²) in [5.41, 5.74) is 4.28. The summed E-state index contributed by atoms with van der Waals surface area (Å²) in [5, 5.41) is 0. The molecule has 0 unspecified atom stereocenters. The van der Waals surface area contributed by atoms with E-state index >= 15 is 0 Å². The number of hydrogen-bond donors (Lipinski definition) is 0. The van der Waals surface area contributed by atoms with Gasteiger partial charge in [0.25, 0.3) is 0 Å². The zero-order chi connectivity index (χ0) is 14.7. The van der Waals surface area contributed by atoms with E-state index in [9.17, 15) is 8.42 Å². The van der Waals surface area contributed by atoms with Crippen LogP contribution in [0.15, 0.2) is 40.1 Å². The summed E-state index contributed by atoms with van der Waals surface area (Å²) < 4.78 is 25.9. The van der Waals surface area contributed by atoms with Gasteiger partial charge in [-0.15, -0.1) is 0 Å². The Kier molecular flexibility index (Phi) is 2.70. The SMILES string of the molecule is Cc1ccc2c(c1)S(=O)(=O)c1c(ccc(C)c1C)N2C. The van der Waals surface area contributed by atoms with Gasteiger partial charge in [0.2, 0.25) is 9.84 Å². The molecule has 20 heavy (non-hydrogen) atoms. The first-order valence-corrected chi connectivity index (χ1v) is 8.02. The maximum atomic E-state index is 12.9. The van der Waals surface area contributed by atoms with E-state index in [2.05, 4.69) is 0 Å². The molecule has 2 aromatic rings. The van der Waals surface area contributed by atoms with E-state index in [1.54, 1.807) is 6.07 Å². The molecule has 0 spiro atoms. The zero-order valence-corrected chi connectivity index (χ0v) is 12.9. The average Bonchev–Trinajstić information content (AvgIpc) is 2.39. The van der Waals surface area contributed by atoms with Crippen LogP contribution in [0.2, 0.25) is 0 Å². The van der Waals surface area contributed by atoms with Gasteiger partial charge in [-0.1, -0.05) is 12.1 Å². The normalized spacial score (nSPS) is 15.7. The van der Waals surface area contributed by atoms with Crippen LogP contribution in [0.25, 0.3) is 0 Å². The summed E-state index contributed by atoms with van der Waals surface area (Å²) in [6.07, 6.45) is 0. The predicted molar refractivity (Wildman–Crippen MR) is 80.6 cm³/mol. The number of aryl methyl sites for hydroxylation is 2. The molecule has 1 aliphatic heterocycles. The quantitative estimate of drug-likeness (QED) is 0.744. The maximum Gasteiger partial charge on any atom is 0.210 e. The predicted octanol–water partition coefficient (Wildman–Crippen LogP) is 3.53. The lowest BCUT2D eigenvalue weighted by molar-refractivity contribution is 0.593. The molecular weight excluding hydrogens is 270 g/mol. The lowest BCUT2D eigenvalue weighted by Crippen LogP contribution is -2.23. The molecule has 0 N–H and O–H groups in total. The molecule has 3 rings (SSSR count). The third kappa shape index (κ3) is 1.61. The van der Waals surface area contributed by atoms with Gasteiger partial charge in [-0.05, 0) is 55.7 Å². The molecule has 0 bridgehead atoms. The van der Waals surface area contributed by atoms with Gasteiger partial charge >= 0.3 is 0 Å². The van der Waals surface area contributed by atoms with Crippen molar-refractivity contribution >= 4 is 21.2 Å². The van der Waals surface area contributed by atoms with E-state index in [0.29, 0.717) is 9.79 Å². The third-order valence-electron chi connectivity index (χ3n) is 4.05. The number of sulfone groups is 1. The summed E-state index contributed by atoms with van der Waals surface area (Å²) in [6.45, 7) is 5.73. The Morgan fingerprint density at radius 2 is 1.60 bits per heavy atom. The lowest BCUT2D eigenvalue weighted by atomic mass is 10.1. The zero-order valence-electron chi connectivity index (χ0n) is 12.1. The number of rotatable bonds is 0. The van der Waals surface area contributed by atoms with Crippen LogP contribution >= 0.6 is 0 Å². The minimum Gasteiger partial charge on any atom is -0.342 e. The molecule has 0 saturated heterocycles. The Morgan fingerprint density at radius 3 is 2.30 bits per heavy atom. The Balaban J connectivity index is 2.45. The Morgan fingerprint density at radius 1 is 0.950 bits per heavy atom. The largest absolute Gasteiger partial charge is 0.342 e. The standard InChI is InChI=1S/C16H17NO2S/c1-10-5-7-13-15(9-10)20(18,19)16-12(3)11(2)6-8-14(16)17(13)4/h5-9H,1-4H3. The first-order valence-electron chi connectivity index (χ1n) is 6.53. The fraction of sp³-hybridized carbons (Fsp3) is 0.250. The van der Waals surface area contributed by atoms with Gasteiger partial charge in [-0.3, -0.25) is 0 Å². The van der Waals surface area contributed by atoms with Crippen molar-refractivity contribution < 1.29 is 8.42 Å². The van der Waals surface area contributed by atoms with Crippen LogP contribution in [-0.2, 0) is 9.84 Å². The number of benzene rings is 2. The second-order valence-electron chi connectivity index (χ2n) is 5.39. The van der Waals surface area contributed by atoms with E-state index in [4.69, 9.17) is 0 Å². The Labute approximate surface area is 119 Å². The summed E-state index contributed by atoms with van der Waals surface area (Å²) in [6, 6.07) is 9.43. The smallest absolute Gasteiger partial charge is 0.210 e. The summed E-state index contributed by atoms with van der Waals surface area (Å²) >= 11 is 0. The van der Waals surface area contributed by atoms with Gasteiger partial charge in [-0.2, -0.15) is 0 Å². The van der Waals surface area contributed by atoms with Crippen LogP contribution in [0.3, 0.4) is 0 Å². The number of anilines is 2. The highest BCUT2D eigenvalue weighted by Crippen LogP contribution is 2.45. The molecule has 0 radical (unpaired) electrons. The van der Waals surface area contributed by atoms with Crippen molar-refractivity contribution in [2.24, 2.45) is 0 Å². The van der Waals surface area contributed by atoms with Gasteiger partial charge in [0.1, 0.15) is 0 Å². The summed E-state index contributed by atoms with van der Waals surface area (Å²) in [5.74, 6) is 0. The molecule has 0 aliphatic carbocycles. The highest BCUT2D eigenvalue weighted by atomic mass is 32.2. The molecule has 2 aromatic carbocycles. The van der Waals surface area contributed by atoms with Crippen LogP contribution in [0.1, 0.15) is 16.7 Å². The van der Waals surface area contributed by atoms with Gasteiger partial charge in [0.15, 0.2) is 0 Å². The minimum atomic E-state index is -3.45. The van der Waals surface area contributed by atoms with Crippen molar-refractivity contribution in [1.82, 2.24) is 0 Å². The highest BCUT2D eigenvalue weighted by Gasteiger charge is 2.34. The van der Waals surface area contributed by atoms with Crippen molar-refractivity contribution in [2.75, 3.05) is 11.9 Å². The van der Waals surface area contributed by atoms with Crippen molar-refractivity contribution in [3.05, 3.63) is 47.0 Å². The fourth-order valence-corrected chi connectivity index (χ4v) is 4.82. The Bertz CT molecular complexity index is 823. The molecule has 0 atom stereocenters. The third-order valence-corrected chi connectivity index (χ3v) is 6.01.